The molecule has 0 saturated carbocycles. The number of aromatic nitrogens is 4. The van der Waals surface area contributed by atoms with Gasteiger partial charge in [-0.2, -0.15) is 0 Å². The van der Waals surface area contributed by atoms with E-state index in [4.69, 9.17) is 17.9 Å². The Kier molecular flexibility index (Phi) is 8.40. The summed E-state index contributed by atoms with van der Waals surface area (Å²) in [5.41, 5.74) is 10.6. The topological polar surface area (TPSA) is 35.9 Å². The molecular weight excluding hydrogens is 913 g/mol. The van der Waals surface area contributed by atoms with Crippen LogP contribution in [-0.2, 0) is 16.2 Å². The fourth-order valence-corrected chi connectivity index (χ4v) is 11.3. The number of pyridine rings is 1. The molecule has 12 aromatic rings. The van der Waals surface area contributed by atoms with Crippen molar-refractivity contribution < 1.29 is 23.0 Å². The van der Waals surface area contributed by atoms with E-state index in [1.54, 1.807) is 22.8 Å². The Bertz CT molecular complexity index is 4660. The lowest BCUT2D eigenvalue weighted by atomic mass is 9.60. The van der Waals surface area contributed by atoms with E-state index in [0.717, 1.165) is 61.0 Å². The maximum absolute atomic E-state index is 9.32. The lowest BCUT2D eigenvalue weighted by molar-refractivity contribution is -0.571. The van der Waals surface area contributed by atoms with Crippen LogP contribution in [0.5, 0.6) is 11.5 Å². The number of benzene rings is 9. The Morgan fingerprint density at radius 2 is 1.16 bits per heavy atom. The number of hydrogen-bond donors (Lipinski definition) is 0. The molecule has 364 valence electrons. The summed E-state index contributed by atoms with van der Waals surface area (Å²) >= 11 is 0. The van der Waals surface area contributed by atoms with Gasteiger partial charge < -0.3 is 4.74 Å². The summed E-state index contributed by atoms with van der Waals surface area (Å²) in [6, 6.07) is 47.2. The van der Waals surface area contributed by atoms with E-state index < -0.39 is 71.3 Å². The zero-order valence-electron chi connectivity index (χ0n) is 52.8. The number of hydrogen-bond acceptors (Lipinski definition) is 2. The fourth-order valence-electron chi connectivity index (χ4n) is 11.3. The lowest BCUT2D eigenvalue weighted by Gasteiger charge is -2.44. The lowest BCUT2D eigenvalue weighted by Crippen LogP contribution is -2.37. The van der Waals surface area contributed by atoms with E-state index in [-0.39, 0.29) is 33.4 Å². The summed E-state index contributed by atoms with van der Waals surface area (Å²) in [7, 11) is 0. The van der Waals surface area contributed by atoms with Crippen LogP contribution in [0.1, 0.15) is 90.0 Å². The number of ether oxygens (including phenoxy) is 1. The predicted molar refractivity (Wildman–Crippen MR) is 308 cm³/mol. The van der Waals surface area contributed by atoms with Crippen molar-refractivity contribution in [3.8, 4) is 62.1 Å². The van der Waals surface area contributed by atoms with Gasteiger partial charge in [0.1, 0.15) is 17.3 Å². The summed E-state index contributed by atoms with van der Waals surface area (Å²) in [5, 5.41) is 2.09. The van der Waals surface area contributed by atoms with Crippen molar-refractivity contribution in [2.75, 3.05) is 0 Å². The summed E-state index contributed by atoms with van der Waals surface area (Å²) in [4.78, 5) is 4.95. The summed E-state index contributed by atoms with van der Waals surface area (Å²) < 4.78 is 102. The molecule has 0 N–H and O–H groups in total. The molecule has 75 heavy (non-hydrogen) atoms. The van der Waals surface area contributed by atoms with Gasteiger partial charge in [0.2, 0.25) is 0 Å². The first-order valence-electron chi connectivity index (χ1n) is 30.3. The van der Waals surface area contributed by atoms with Crippen molar-refractivity contribution in [3.63, 3.8) is 0 Å². The van der Waals surface area contributed by atoms with Crippen LogP contribution in [0.4, 0.5) is 0 Å². The standard InChI is InChI=1S/C70H58N4O/c1-68(2,3)50-37-38-71-66(40-50)74-62-36-33-49(46-21-11-8-12-22-46)39-57(62)56-35-34-53(42-63(56)74)75-52-28-19-27-51(41-52)72-45-73(67-54(47-23-13-9-14-24-47)29-20-30-55(67)48-25-15-10-16-26-48)65-44-61-60(43-64(65)72)69(4,5)58-31-17-18-32-59(58)70(61,6)7/h8-44H,1-7H3/i9D,10D,13D,14D,15D,16D,23D,24D,25D,26D. The van der Waals surface area contributed by atoms with Crippen molar-refractivity contribution in [2.45, 2.75) is 64.7 Å². The summed E-state index contributed by atoms with van der Waals surface area (Å²) in [6.07, 6.45) is 5.51. The number of para-hydroxylation sites is 1. The Morgan fingerprint density at radius 3 is 1.84 bits per heavy atom. The van der Waals surface area contributed by atoms with E-state index in [1.807, 2.05) is 71.4 Å². The second-order valence-corrected chi connectivity index (χ2v) is 21.5. The third kappa shape index (κ3) is 7.68. The van der Waals surface area contributed by atoms with Crippen LogP contribution >= 0.6 is 0 Å². The largest absolute Gasteiger partial charge is 0.458 e. The first-order chi connectivity index (χ1) is 40.5. The minimum atomic E-state index is -0.570. The van der Waals surface area contributed by atoms with E-state index in [1.165, 1.54) is 5.56 Å². The molecule has 0 fully saturated rings. The van der Waals surface area contributed by atoms with Gasteiger partial charge in [0.05, 0.1) is 47.1 Å². The predicted octanol–water partition coefficient (Wildman–Crippen LogP) is 17.3. The van der Waals surface area contributed by atoms with Crippen LogP contribution in [0.25, 0.3) is 83.4 Å². The molecule has 0 atom stereocenters. The van der Waals surface area contributed by atoms with E-state index in [0.29, 0.717) is 28.2 Å². The van der Waals surface area contributed by atoms with Crippen molar-refractivity contribution in [3.05, 3.63) is 258 Å². The van der Waals surface area contributed by atoms with Gasteiger partial charge in [-0.3, -0.25) is 13.7 Å². The van der Waals surface area contributed by atoms with Crippen molar-refractivity contribution in [1.29, 1.82) is 0 Å². The molecule has 0 unspecified atom stereocenters. The molecule has 0 radical (unpaired) electrons. The van der Waals surface area contributed by atoms with Crippen molar-refractivity contribution in [1.82, 2.24) is 14.1 Å². The second-order valence-electron chi connectivity index (χ2n) is 21.5. The molecule has 0 spiro atoms. The van der Waals surface area contributed by atoms with E-state index in [9.17, 15) is 5.48 Å². The first-order valence-corrected chi connectivity index (χ1v) is 25.3. The van der Waals surface area contributed by atoms with Crippen LogP contribution in [0.3, 0.4) is 0 Å². The molecule has 0 aliphatic heterocycles. The third-order valence-corrected chi connectivity index (χ3v) is 15.2. The van der Waals surface area contributed by atoms with Crippen molar-refractivity contribution in [2.24, 2.45) is 0 Å². The van der Waals surface area contributed by atoms with Gasteiger partial charge in [-0.15, -0.1) is 0 Å². The van der Waals surface area contributed by atoms with Crippen LogP contribution in [0, 0.1) is 6.33 Å². The molecule has 0 saturated heterocycles. The smallest absolute Gasteiger partial charge is 0.269 e. The van der Waals surface area contributed by atoms with Gasteiger partial charge in [0.25, 0.3) is 6.33 Å². The molecule has 0 amide bonds. The van der Waals surface area contributed by atoms with E-state index >= 15 is 0 Å². The zero-order valence-corrected chi connectivity index (χ0v) is 42.8. The van der Waals surface area contributed by atoms with Gasteiger partial charge in [-0.05, 0) is 133 Å². The number of imidazole rings is 1. The average Bonchev–Trinajstić information content (AvgIpc) is 1.78. The molecule has 3 heterocycles. The highest BCUT2D eigenvalue weighted by Gasteiger charge is 2.42. The first kappa shape index (κ1) is 36.2. The zero-order chi connectivity index (χ0) is 59.9. The molecule has 5 nitrogen and oxygen atoms in total. The maximum Gasteiger partial charge on any atom is 0.269 e. The van der Waals surface area contributed by atoms with Gasteiger partial charge in [0, 0.05) is 33.9 Å². The Morgan fingerprint density at radius 1 is 0.520 bits per heavy atom. The molecular formula is C70H58N4O. The Labute approximate surface area is 453 Å². The maximum atomic E-state index is 9.32. The molecule has 9 aromatic carbocycles. The normalized spacial score (nSPS) is 15.6. The quantitative estimate of drug-likeness (QED) is 0.112. The number of rotatable bonds is 8. The highest BCUT2D eigenvalue weighted by molar-refractivity contribution is 6.10. The van der Waals surface area contributed by atoms with E-state index in [2.05, 4.69) is 138 Å². The van der Waals surface area contributed by atoms with Gasteiger partial charge in [-0.25, -0.2) is 4.98 Å². The van der Waals surface area contributed by atoms with Gasteiger partial charge in [-0.1, -0.05) is 194 Å². The fraction of sp³-hybridized carbons (Fsp3) is 0.143. The Hall–Kier alpha value is -8.80. The molecule has 5 heteroatoms. The molecule has 1 aliphatic carbocycles. The summed E-state index contributed by atoms with van der Waals surface area (Å²) in [6.45, 7) is 15.4. The van der Waals surface area contributed by atoms with Gasteiger partial charge in [0.15, 0.2) is 0 Å². The van der Waals surface area contributed by atoms with Crippen molar-refractivity contribution >= 4 is 32.8 Å². The monoisotopic (exact) mass is 981 g/mol. The molecule has 13 rings (SSSR count). The number of nitrogens with zero attached hydrogens (tertiary/aromatic N) is 4. The van der Waals surface area contributed by atoms with Crippen LogP contribution in [0.15, 0.2) is 224 Å². The SMILES string of the molecule is [2H]c1c([2H])c([2H])c(-c2cccc(-c3c([2H])c([2H])c([2H])c([2H])c3[2H])c2-[n+]2[c-]n(-c3cccc(Oc4ccc5c6cc(-c7ccccc7)ccc6n(-c6cc(C(C)(C)C)ccn6)c5c4)c3)c3cc4c(cc32)C(C)(C)c2ccccc2C4(C)C)c([2H])c1[2H]. The van der Waals surface area contributed by atoms with Crippen LogP contribution in [-0.4, -0.2) is 14.1 Å². The van der Waals surface area contributed by atoms with Gasteiger partial charge >= 0.3 is 0 Å². The van der Waals surface area contributed by atoms with Crippen LogP contribution in [0.2, 0.25) is 0 Å². The minimum absolute atomic E-state index is 0.129. The molecule has 3 aromatic heterocycles. The molecule has 1 aliphatic rings. The number of fused-ring (bicyclic) bond motifs is 6. The Balaban J connectivity index is 1.05. The summed E-state index contributed by atoms with van der Waals surface area (Å²) in [5.74, 6) is 1.86. The highest BCUT2D eigenvalue weighted by atomic mass is 16.5. The van der Waals surface area contributed by atoms with Crippen LogP contribution < -0.4 is 9.30 Å². The third-order valence-electron chi connectivity index (χ3n) is 15.2. The average molecular weight is 981 g/mol. The highest BCUT2D eigenvalue weighted by Crippen LogP contribution is 2.51. The minimum Gasteiger partial charge on any atom is -0.458 e. The second kappa shape index (κ2) is 17.4. The molecule has 0 bridgehead atoms.